The van der Waals surface area contributed by atoms with Crippen molar-refractivity contribution < 1.29 is 19.2 Å². The molecule has 1 amide bonds. The van der Waals surface area contributed by atoms with Gasteiger partial charge in [0.1, 0.15) is 0 Å². The molecular formula is C24H22N4O5. The molecule has 1 aromatic heterocycles. The lowest BCUT2D eigenvalue weighted by Gasteiger charge is -2.39. The third kappa shape index (κ3) is 2.34. The molecule has 1 aliphatic heterocycles. The van der Waals surface area contributed by atoms with Crippen LogP contribution in [0.1, 0.15) is 45.0 Å². The molecule has 0 radical (unpaired) electrons. The van der Waals surface area contributed by atoms with E-state index in [0.29, 0.717) is 40.3 Å². The Labute approximate surface area is 189 Å². The molecule has 168 valence electrons. The average molecular weight is 446 g/mol. The van der Waals surface area contributed by atoms with Gasteiger partial charge in [0.15, 0.2) is 11.5 Å². The standard InChI is InChI=1S/C24H22N4O5/c1-22(2)23(3)7-8-24(22,21(29)25-13-5-4-6-14(9-13)28(30)31)20-19(23)26-15-10-17-18(33-12-32-17)11-16(15)27-20/h4-6,9-11H,7-8,12H2,1-3H3,(H,25,29). The fourth-order valence-corrected chi connectivity index (χ4v) is 5.93. The highest BCUT2D eigenvalue weighted by atomic mass is 16.7. The number of rotatable bonds is 3. The number of benzene rings is 2. The van der Waals surface area contributed by atoms with Crippen molar-refractivity contribution in [3.05, 3.63) is 57.9 Å². The van der Waals surface area contributed by atoms with E-state index in [1.165, 1.54) is 12.1 Å². The number of hydrogen-bond donors (Lipinski definition) is 1. The number of aromatic nitrogens is 2. The second-order valence-electron chi connectivity index (χ2n) is 9.74. The van der Waals surface area contributed by atoms with Crippen LogP contribution in [-0.2, 0) is 15.6 Å². The fourth-order valence-electron chi connectivity index (χ4n) is 5.93. The molecule has 33 heavy (non-hydrogen) atoms. The zero-order valence-electron chi connectivity index (χ0n) is 18.5. The summed E-state index contributed by atoms with van der Waals surface area (Å²) < 4.78 is 11.0. The van der Waals surface area contributed by atoms with Crippen molar-refractivity contribution >= 4 is 28.3 Å². The van der Waals surface area contributed by atoms with Gasteiger partial charge in [0, 0.05) is 35.4 Å². The van der Waals surface area contributed by atoms with E-state index in [2.05, 4.69) is 26.1 Å². The number of amides is 1. The van der Waals surface area contributed by atoms with Gasteiger partial charge in [-0.2, -0.15) is 0 Å². The van der Waals surface area contributed by atoms with E-state index in [9.17, 15) is 14.9 Å². The van der Waals surface area contributed by atoms with Crippen molar-refractivity contribution in [3.8, 4) is 11.5 Å². The van der Waals surface area contributed by atoms with Crippen molar-refractivity contribution in [2.75, 3.05) is 12.1 Å². The van der Waals surface area contributed by atoms with Gasteiger partial charge >= 0.3 is 0 Å². The van der Waals surface area contributed by atoms with Crippen molar-refractivity contribution in [2.45, 2.75) is 44.4 Å². The highest BCUT2D eigenvalue weighted by Gasteiger charge is 2.73. The van der Waals surface area contributed by atoms with Crippen LogP contribution in [0.3, 0.4) is 0 Å². The summed E-state index contributed by atoms with van der Waals surface area (Å²) in [7, 11) is 0. The maximum absolute atomic E-state index is 13.9. The Morgan fingerprint density at radius 3 is 2.36 bits per heavy atom. The van der Waals surface area contributed by atoms with Crippen LogP contribution in [0.25, 0.3) is 11.0 Å². The summed E-state index contributed by atoms with van der Waals surface area (Å²) in [5.74, 6) is 1.03. The molecule has 9 heteroatoms. The summed E-state index contributed by atoms with van der Waals surface area (Å²) in [5, 5.41) is 14.1. The first-order valence-electron chi connectivity index (χ1n) is 10.9. The highest BCUT2D eigenvalue weighted by Crippen LogP contribution is 2.70. The van der Waals surface area contributed by atoms with E-state index in [1.807, 2.05) is 6.07 Å². The van der Waals surface area contributed by atoms with Crippen molar-refractivity contribution in [1.82, 2.24) is 9.97 Å². The van der Waals surface area contributed by atoms with Gasteiger partial charge in [-0.1, -0.05) is 26.8 Å². The molecule has 0 spiro atoms. The lowest BCUT2D eigenvalue weighted by molar-refractivity contribution is -0.384. The molecule has 1 saturated carbocycles. The van der Waals surface area contributed by atoms with Gasteiger partial charge in [-0.3, -0.25) is 14.9 Å². The number of nitro benzene ring substituents is 1. The molecule has 2 aromatic carbocycles. The predicted molar refractivity (Wildman–Crippen MR) is 119 cm³/mol. The summed E-state index contributed by atoms with van der Waals surface area (Å²) in [6.45, 7) is 6.49. The molecule has 1 N–H and O–H groups in total. The Bertz CT molecular complexity index is 1390. The smallest absolute Gasteiger partial charge is 0.271 e. The quantitative estimate of drug-likeness (QED) is 0.472. The minimum atomic E-state index is -0.917. The number of carbonyl (C=O) groups excluding carboxylic acids is 1. The van der Waals surface area contributed by atoms with Crippen molar-refractivity contribution in [3.63, 3.8) is 0 Å². The van der Waals surface area contributed by atoms with Crippen molar-refractivity contribution in [1.29, 1.82) is 0 Å². The van der Waals surface area contributed by atoms with E-state index in [1.54, 1.807) is 18.2 Å². The van der Waals surface area contributed by atoms with Gasteiger partial charge in [-0.15, -0.1) is 0 Å². The molecule has 2 bridgehead atoms. The van der Waals surface area contributed by atoms with E-state index in [0.717, 1.165) is 12.1 Å². The number of ether oxygens (including phenoxy) is 2. The Kier molecular flexibility index (Phi) is 3.73. The number of nitrogens with zero attached hydrogens (tertiary/aromatic N) is 3. The van der Waals surface area contributed by atoms with Gasteiger partial charge in [0.05, 0.1) is 32.8 Å². The largest absolute Gasteiger partial charge is 0.454 e. The third-order valence-corrected chi connectivity index (χ3v) is 8.23. The first-order chi connectivity index (χ1) is 15.7. The second-order valence-corrected chi connectivity index (χ2v) is 9.74. The Balaban J connectivity index is 1.50. The maximum atomic E-state index is 13.9. The molecule has 2 heterocycles. The van der Waals surface area contributed by atoms with Gasteiger partial charge in [0.2, 0.25) is 12.7 Å². The van der Waals surface area contributed by atoms with Crippen LogP contribution in [0.4, 0.5) is 11.4 Å². The predicted octanol–water partition coefficient (Wildman–Crippen LogP) is 4.23. The number of anilines is 1. The minimum Gasteiger partial charge on any atom is -0.454 e. The summed E-state index contributed by atoms with van der Waals surface area (Å²) in [4.78, 5) is 34.6. The molecular weight excluding hydrogens is 424 g/mol. The third-order valence-electron chi connectivity index (χ3n) is 8.23. The van der Waals surface area contributed by atoms with Gasteiger partial charge in [-0.25, -0.2) is 9.97 Å². The van der Waals surface area contributed by atoms with Crippen LogP contribution in [0.2, 0.25) is 0 Å². The summed E-state index contributed by atoms with van der Waals surface area (Å²) in [6, 6.07) is 9.64. The monoisotopic (exact) mass is 446 g/mol. The SMILES string of the molecule is CC12CCC(C(=O)Nc3cccc([N+](=O)[O-])c3)(c3nc4cc5c(cc4nc31)OCO5)C2(C)C. The summed E-state index contributed by atoms with van der Waals surface area (Å²) >= 11 is 0. The number of nitro groups is 1. The van der Waals surface area contributed by atoms with Gasteiger partial charge in [0.25, 0.3) is 5.69 Å². The van der Waals surface area contributed by atoms with Crippen LogP contribution < -0.4 is 14.8 Å². The summed E-state index contributed by atoms with van der Waals surface area (Å²) in [5.41, 5.74) is 1.44. The highest BCUT2D eigenvalue weighted by molar-refractivity contribution is 6.02. The van der Waals surface area contributed by atoms with Crippen LogP contribution in [0.15, 0.2) is 36.4 Å². The normalized spacial score (nSPS) is 25.8. The first kappa shape index (κ1) is 19.9. The molecule has 2 aliphatic carbocycles. The fraction of sp³-hybridized carbons (Fsp3) is 0.375. The lowest BCUT2D eigenvalue weighted by atomic mass is 9.63. The number of nitrogens with one attached hydrogen (secondary N) is 1. The molecule has 9 nitrogen and oxygen atoms in total. The Hall–Kier alpha value is -3.75. The van der Waals surface area contributed by atoms with Crippen LogP contribution >= 0.6 is 0 Å². The molecule has 0 saturated heterocycles. The Morgan fingerprint density at radius 1 is 1.03 bits per heavy atom. The van der Waals surface area contributed by atoms with E-state index < -0.39 is 15.8 Å². The Morgan fingerprint density at radius 2 is 1.70 bits per heavy atom. The topological polar surface area (TPSA) is 116 Å². The number of hydrogen-bond acceptors (Lipinski definition) is 7. The maximum Gasteiger partial charge on any atom is 0.271 e. The van der Waals surface area contributed by atoms with Gasteiger partial charge < -0.3 is 14.8 Å². The number of non-ortho nitro benzene ring substituents is 1. The first-order valence-corrected chi connectivity index (χ1v) is 10.9. The van der Waals surface area contributed by atoms with Crippen LogP contribution in [0, 0.1) is 15.5 Å². The molecule has 2 unspecified atom stereocenters. The van der Waals surface area contributed by atoms with Crippen LogP contribution in [0.5, 0.6) is 11.5 Å². The number of carbonyl (C=O) groups is 1. The lowest BCUT2D eigenvalue weighted by Crippen LogP contribution is -2.48. The second kappa shape index (κ2) is 6.18. The zero-order valence-corrected chi connectivity index (χ0v) is 18.5. The van der Waals surface area contributed by atoms with E-state index >= 15 is 0 Å². The van der Waals surface area contributed by atoms with Gasteiger partial charge in [-0.05, 0) is 24.3 Å². The van der Waals surface area contributed by atoms with E-state index in [-0.39, 0.29) is 23.8 Å². The molecule has 3 aromatic rings. The number of fused-ring (bicyclic) bond motifs is 7. The summed E-state index contributed by atoms with van der Waals surface area (Å²) in [6.07, 6.45) is 1.41. The average Bonchev–Trinajstić information content (AvgIpc) is 3.35. The van der Waals surface area contributed by atoms with Crippen molar-refractivity contribution in [2.24, 2.45) is 5.41 Å². The molecule has 6 rings (SSSR count). The minimum absolute atomic E-state index is 0.0745. The van der Waals surface area contributed by atoms with Crippen LogP contribution in [-0.4, -0.2) is 27.6 Å². The zero-order chi connectivity index (χ0) is 23.2. The molecule has 1 fully saturated rings. The molecule has 2 atom stereocenters. The van der Waals surface area contributed by atoms with E-state index in [4.69, 9.17) is 19.4 Å². The molecule has 3 aliphatic rings.